The molecule has 0 N–H and O–H groups in total. The molecule has 1 amide bonds. The van der Waals surface area contributed by atoms with Gasteiger partial charge in [-0.2, -0.15) is 0 Å². The molecule has 92 valence electrons. The third-order valence-corrected chi connectivity index (χ3v) is 4.28. The summed E-state index contributed by atoms with van der Waals surface area (Å²) < 4.78 is 4.71. The molecule has 1 heterocycles. The van der Waals surface area contributed by atoms with Crippen molar-refractivity contribution in [2.75, 3.05) is 13.7 Å². The normalized spacial score (nSPS) is 22.3. The zero-order chi connectivity index (χ0) is 12.3. The molecule has 0 aromatic carbocycles. The smallest absolute Gasteiger partial charge is 0.328 e. The van der Waals surface area contributed by atoms with Crippen LogP contribution in [-0.4, -0.2) is 41.3 Å². The topological polar surface area (TPSA) is 46.6 Å². The van der Waals surface area contributed by atoms with Gasteiger partial charge in [0, 0.05) is 6.54 Å². The van der Waals surface area contributed by atoms with Crippen molar-refractivity contribution in [2.24, 2.45) is 5.92 Å². The molecule has 0 saturated carbocycles. The summed E-state index contributed by atoms with van der Waals surface area (Å²) in [6, 6.07) is -0.392. The van der Waals surface area contributed by atoms with Gasteiger partial charge in [-0.3, -0.25) is 4.79 Å². The number of carbonyl (C=O) groups is 2. The number of likely N-dealkylation sites (tertiary alicyclic amines) is 1. The van der Waals surface area contributed by atoms with Gasteiger partial charge in [0.2, 0.25) is 5.91 Å². The molecule has 16 heavy (non-hydrogen) atoms. The number of halogens is 1. The van der Waals surface area contributed by atoms with Gasteiger partial charge in [-0.1, -0.05) is 29.8 Å². The first kappa shape index (κ1) is 13.5. The van der Waals surface area contributed by atoms with Crippen LogP contribution < -0.4 is 0 Å². The van der Waals surface area contributed by atoms with E-state index in [0.29, 0.717) is 13.0 Å². The fourth-order valence-corrected chi connectivity index (χ4v) is 2.12. The van der Waals surface area contributed by atoms with Crippen LogP contribution in [0.25, 0.3) is 0 Å². The zero-order valence-electron chi connectivity index (χ0n) is 9.90. The van der Waals surface area contributed by atoms with Crippen molar-refractivity contribution in [3.8, 4) is 0 Å². The number of hydrogen-bond acceptors (Lipinski definition) is 3. The maximum Gasteiger partial charge on any atom is 0.328 e. The Morgan fingerprint density at radius 2 is 2.06 bits per heavy atom. The van der Waals surface area contributed by atoms with Crippen LogP contribution in [0.15, 0.2) is 0 Å². The molecule has 0 radical (unpaired) electrons. The predicted molar refractivity (Wildman–Crippen MR) is 64.3 cm³/mol. The van der Waals surface area contributed by atoms with E-state index in [0.717, 1.165) is 6.42 Å². The maximum absolute atomic E-state index is 12.1. The third-order valence-electron chi connectivity index (χ3n) is 2.83. The molecule has 4 nitrogen and oxygen atoms in total. The minimum atomic E-state index is -0.392. The molecular formula is C11H18BrNO3. The Balaban J connectivity index is 2.71. The highest BCUT2D eigenvalue weighted by Gasteiger charge is 2.37. The fraction of sp³-hybridized carbons (Fsp3) is 0.818. The number of amides is 1. The van der Waals surface area contributed by atoms with Crippen LogP contribution >= 0.6 is 15.9 Å². The Bertz CT molecular complexity index is 280. The number of esters is 1. The largest absolute Gasteiger partial charge is 0.467 e. The minimum Gasteiger partial charge on any atom is -0.467 e. The lowest BCUT2D eigenvalue weighted by Crippen LogP contribution is -2.45. The standard InChI is InChI=1S/C11H18BrNO3/c1-7(2)9(12)10(14)13-6-4-5-8(13)11(15)16-3/h7-9H,4-6H2,1-3H3. The highest BCUT2D eigenvalue weighted by atomic mass is 79.9. The van der Waals surface area contributed by atoms with E-state index in [1.807, 2.05) is 13.8 Å². The second kappa shape index (κ2) is 5.66. The lowest BCUT2D eigenvalue weighted by atomic mass is 10.1. The molecule has 5 heteroatoms. The van der Waals surface area contributed by atoms with E-state index in [1.165, 1.54) is 7.11 Å². The molecule has 1 rings (SSSR count). The first-order valence-electron chi connectivity index (χ1n) is 5.51. The molecule has 0 aromatic heterocycles. The van der Waals surface area contributed by atoms with Gasteiger partial charge < -0.3 is 9.64 Å². The fourth-order valence-electron chi connectivity index (χ4n) is 1.86. The van der Waals surface area contributed by atoms with E-state index in [2.05, 4.69) is 15.9 Å². The van der Waals surface area contributed by atoms with Crippen molar-refractivity contribution in [2.45, 2.75) is 37.6 Å². The van der Waals surface area contributed by atoms with Gasteiger partial charge in [0.15, 0.2) is 0 Å². The molecule has 1 fully saturated rings. The maximum atomic E-state index is 12.1. The number of methoxy groups -OCH3 is 1. The van der Waals surface area contributed by atoms with Crippen LogP contribution in [0.1, 0.15) is 26.7 Å². The van der Waals surface area contributed by atoms with Crippen LogP contribution in [-0.2, 0) is 14.3 Å². The van der Waals surface area contributed by atoms with E-state index in [1.54, 1.807) is 4.90 Å². The van der Waals surface area contributed by atoms with E-state index >= 15 is 0 Å². The average Bonchev–Trinajstić information content (AvgIpc) is 2.74. The highest BCUT2D eigenvalue weighted by molar-refractivity contribution is 9.10. The SMILES string of the molecule is COC(=O)C1CCCN1C(=O)C(Br)C(C)C. The summed E-state index contributed by atoms with van der Waals surface area (Å²) in [5, 5.41) is 0. The van der Waals surface area contributed by atoms with Crippen molar-refractivity contribution in [3.05, 3.63) is 0 Å². The summed E-state index contributed by atoms with van der Waals surface area (Å²) in [7, 11) is 1.36. The summed E-state index contributed by atoms with van der Waals surface area (Å²) in [5.74, 6) is -0.108. The average molecular weight is 292 g/mol. The molecular weight excluding hydrogens is 274 g/mol. The summed E-state index contributed by atoms with van der Waals surface area (Å²) >= 11 is 3.37. The lowest BCUT2D eigenvalue weighted by molar-refractivity contribution is -0.150. The molecule has 0 spiro atoms. The molecule has 0 bridgehead atoms. The quantitative estimate of drug-likeness (QED) is 0.586. The van der Waals surface area contributed by atoms with E-state index in [9.17, 15) is 9.59 Å². The first-order chi connectivity index (χ1) is 7.49. The lowest BCUT2D eigenvalue weighted by Gasteiger charge is -2.26. The van der Waals surface area contributed by atoms with Gasteiger partial charge in [-0.15, -0.1) is 0 Å². The van der Waals surface area contributed by atoms with Crippen molar-refractivity contribution in [1.82, 2.24) is 4.90 Å². The second-order valence-corrected chi connectivity index (χ2v) is 5.35. The number of rotatable bonds is 3. The number of alkyl halides is 1. The summed E-state index contributed by atoms with van der Waals surface area (Å²) in [6.07, 6.45) is 1.57. The molecule has 1 aliphatic heterocycles. The van der Waals surface area contributed by atoms with Gasteiger partial charge in [0.05, 0.1) is 11.9 Å². The number of hydrogen-bond donors (Lipinski definition) is 0. The Morgan fingerprint density at radius 3 is 2.56 bits per heavy atom. The van der Waals surface area contributed by atoms with Crippen LogP contribution in [0, 0.1) is 5.92 Å². The van der Waals surface area contributed by atoms with Crippen molar-refractivity contribution in [1.29, 1.82) is 0 Å². The Kier molecular flexibility index (Phi) is 4.77. The summed E-state index contributed by atoms with van der Waals surface area (Å²) in [5.41, 5.74) is 0. The molecule has 2 unspecified atom stereocenters. The van der Waals surface area contributed by atoms with E-state index < -0.39 is 6.04 Å². The Morgan fingerprint density at radius 1 is 1.44 bits per heavy atom. The molecule has 0 aliphatic carbocycles. The molecule has 1 saturated heterocycles. The highest BCUT2D eigenvalue weighted by Crippen LogP contribution is 2.23. The van der Waals surface area contributed by atoms with Gasteiger partial charge in [0.1, 0.15) is 6.04 Å². The Labute approximate surface area is 104 Å². The van der Waals surface area contributed by atoms with Crippen molar-refractivity contribution < 1.29 is 14.3 Å². The zero-order valence-corrected chi connectivity index (χ0v) is 11.5. The van der Waals surface area contributed by atoms with Crippen LogP contribution in [0.5, 0.6) is 0 Å². The Hall–Kier alpha value is -0.580. The van der Waals surface area contributed by atoms with Gasteiger partial charge in [0.25, 0.3) is 0 Å². The second-order valence-electron chi connectivity index (χ2n) is 4.36. The van der Waals surface area contributed by atoms with Crippen molar-refractivity contribution in [3.63, 3.8) is 0 Å². The molecule has 0 aromatic rings. The number of ether oxygens (including phenoxy) is 1. The molecule has 1 aliphatic rings. The number of nitrogens with zero attached hydrogens (tertiary/aromatic N) is 1. The third kappa shape index (κ3) is 2.75. The van der Waals surface area contributed by atoms with Crippen LogP contribution in [0.2, 0.25) is 0 Å². The van der Waals surface area contributed by atoms with Crippen LogP contribution in [0.3, 0.4) is 0 Å². The molecule has 2 atom stereocenters. The minimum absolute atomic E-state index is 0.0112. The summed E-state index contributed by atoms with van der Waals surface area (Å²) in [4.78, 5) is 25.0. The summed E-state index contributed by atoms with van der Waals surface area (Å²) in [6.45, 7) is 4.59. The van der Waals surface area contributed by atoms with E-state index in [4.69, 9.17) is 4.74 Å². The van der Waals surface area contributed by atoms with Gasteiger partial charge in [-0.05, 0) is 18.8 Å². The van der Waals surface area contributed by atoms with Crippen molar-refractivity contribution >= 4 is 27.8 Å². The number of carbonyl (C=O) groups excluding carboxylic acids is 2. The van der Waals surface area contributed by atoms with Gasteiger partial charge in [-0.25, -0.2) is 4.79 Å². The predicted octanol–water partition coefficient (Wildman–Crippen LogP) is 1.57. The monoisotopic (exact) mass is 291 g/mol. The first-order valence-corrected chi connectivity index (χ1v) is 6.43. The van der Waals surface area contributed by atoms with Crippen LogP contribution in [0.4, 0.5) is 0 Å². The van der Waals surface area contributed by atoms with E-state index in [-0.39, 0.29) is 22.6 Å². The van der Waals surface area contributed by atoms with Gasteiger partial charge >= 0.3 is 5.97 Å².